The number of hydrogen-bond donors (Lipinski definition) is 3. The first-order valence-electron chi connectivity index (χ1n) is 10.5. The molecule has 0 saturated heterocycles. The molecule has 3 amide bonds. The molecule has 32 heavy (non-hydrogen) atoms. The van der Waals surface area contributed by atoms with Crippen molar-refractivity contribution in [2.75, 3.05) is 18.5 Å². The largest absolute Gasteiger partial charge is 0.493 e. The van der Waals surface area contributed by atoms with E-state index in [0.717, 1.165) is 11.3 Å². The first-order chi connectivity index (χ1) is 15.2. The lowest BCUT2D eigenvalue weighted by Crippen LogP contribution is -2.34. The van der Waals surface area contributed by atoms with E-state index in [4.69, 9.17) is 9.47 Å². The first kappa shape index (κ1) is 24.7. The Morgan fingerprint density at radius 1 is 0.844 bits per heavy atom. The van der Waals surface area contributed by atoms with Gasteiger partial charge in [-0.25, -0.2) is 4.79 Å². The van der Waals surface area contributed by atoms with E-state index in [1.165, 1.54) is 0 Å². The van der Waals surface area contributed by atoms with Crippen molar-refractivity contribution in [1.29, 1.82) is 0 Å². The molecule has 3 N–H and O–H groups in total. The standard InChI is InChI=1S/C24H31N3O5/c1-24(2,3)32-23(30)25-15-13-22(29)27-20-12-8-7-9-18(20)17-26-21(28)14-16-31-19-10-5-4-6-11-19/h4-12H,13-17H2,1-3H3,(H,25,30)(H,26,28)(H,27,29). The van der Waals surface area contributed by atoms with Gasteiger partial charge in [-0.3, -0.25) is 9.59 Å². The number of benzene rings is 2. The van der Waals surface area contributed by atoms with E-state index in [-0.39, 0.29) is 44.4 Å². The summed E-state index contributed by atoms with van der Waals surface area (Å²) in [4.78, 5) is 36.0. The number of hydrogen-bond acceptors (Lipinski definition) is 5. The van der Waals surface area contributed by atoms with E-state index >= 15 is 0 Å². The zero-order valence-corrected chi connectivity index (χ0v) is 18.8. The van der Waals surface area contributed by atoms with Gasteiger partial charge < -0.3 is 25.4 Å². The highest BCUT2D eigenvalue weighted by Crippen LogP contribution is 2.15. The molecule has 0 atom stereocenters. The lowest BCUT2D eigenvalue weighted by molar-refractivity contribution is -0.121. The number of alkyl carbamates (subject to hydrolysis) is 1. The van der Waals surface area contributed by atoms with Gasteiger partial charge in [0.25, 0.3) is 0 Å². The van der Waals surface area contributed by atoms with Crippen LogP contribution in [0.5, 0.6) is 5.75 Å². The predicted octanol–water partition coefficient (Wildman–Crippen LogP) is 3.63. The smallest absolute Gasteiger partial charge is 0.407 e. The quantitative estimate of drug-likeness (QED) is 0.522. The van der Waals surface area contributed by atoms with Crippen molar-refractivity contribution >= 4 is 23.6 Å². The Hall–Kier alpha value is -3.55. The highest BCUT2D eigenvalue weighted by Gasteiger charge is 2.16. The van der Waals surface area contributed by atoms with Crippen LogP contribution in [0.1, 0.15) is 39.2 Å². The van der Waals surface area contributed by atoms with E-state index in [2.05, 4.69) is 16.0 Å². The SMILES string of the molecule is CC(C)(C)OC(=O)NCCC(=O)Nc1ccccc1CNC(=O)CCOc1ccccc1. The van der Waals surface area contributed by atoms with Crippen LogP contribution in [0.3, 0.4) is 0 Å². The monoisotopic (exact) mass is 441 g/mol. The first-order valence-corrected chi connectivity index (χ1v) is 10.5. The van der Waals surface area contributed by atoms with E-state index < -0.39 is 11.7 Å². The van der Waals surface area contributed by atoms with Gasteiger partial charge in [-0.05, 0) is 44.5 Å². The molecule has 8 heteroatoms. The molecule has 0 aromatic heterocycles. The minimum absolute atomic E-state index is 0.0940. The summed E-state index contributed by atoms with van der Waals surface area (Å²) in [7, 11) is 0. The number of rotatable bonds is 10. The Bertz CT molecular complexity index is 894. The molecule has 0 saturated carbocycles. The number of nitrogens with one attached hydrogen (secondary N) is 3. The summed E-state index contributed by atoms with van der Waals surface area (Å²) in [5, 5.41) is 8.20. The Labute approximate surface area is 188 Å². The van der Waals surface area contributed by atoms with Gasteiger partial charge in [-0.2, -0.15) is 0 Å². The molecule has 0 unspecified atom stereocenters. The van der Waals surface area contributed by atoms with Crippen molar-refractivity contribution in [3.63, 3.8) is 0 Å². The molecule has 0 fully saturated rings. The maximum Gasteiger partial charge on any atom is 0.407 e. The molecule has 0 spiro atoms. The van der Waals surface area contributed by atoms with Crippen molar-refractivity contribution < 1.29 is 23.9 Å². The summed E-state index contributed by atoms with van der Waals surface area (Å²) in [5.41, 5.74) is 0.789. The van der Waals surface area contributed by atoms with Crippen LogP contribution in [-0.2, 0) is 20.9 Å². The number of amides is 3. The third-order valence-electron chi connectivity index (χ3n) is 4.13. The molecule has 2 aromatic carbocycles. The molecule has 2 aromatic rings. The molecule has 0 aliphatic carbocycles. The van der Waals surface area contributed by atoms with Gasteiger partial charge in [0.1, 0.15) is 11.4 Å². The van der Waals surface area contributed by atoms with E-state index in [0.29, 0.717) is 5.69 Å². The van der Waals surface area contributed by atoms with Crippen molar-refractivity contribution in [1.82, 2.24) is 10.6 Å². The van der Waals surface area contributed by atoms with E-state index in [9.17, 15) is 14.4 Å². The zero-order chi connectivity index (χ0) is 23.4. The molecule has 0 heterocycles. The van der Waals surface area contributed by atoms with Gasteiger partial charge >= 0.3 is 6.09 Å². The third kappa shape index (κ3) is 9.97. The Balaban J connectivity index is 1.73. The summed E-state index contributed by atoms with van der Waals surface area (Å²) >= 11 is 0. The lowest BCUT2D eigenvalue weighted by atomic mass is 10.1. The molecule has 0 aliphatic rings. The van der Waals surface area contributed by atoms with Crippen LogP contribution in [0.15, 0.2) is 54.6 Å². The van der Waals surface area contributed by atoms with Crippen molar-refractivity contribution in [3.8, 4) is 5.75 Å². The van der Waals surface area contributed by atoms with Gasteiger partial charge in [0, 0.05) is 25.2 Å². The molecule has 8 nitrogen and oxygen atoms in total. The van der Waals surface area contributed by atoms with Crippen LogP contribution >= 0.6 is 0 Å². The van der Waals surface area contributed by atoms with Crippen LogP contribution < -0.4 is 20.7 Å². The highest BCUT2D eigenvalue weighted by atomic mass is 16.6. The van der Waals surface area contributed by atoms with Crippen LogP contribution in [0, 0.1) is 0 Å². The Morgan fingerprint density at radius 3 is 2.25 bits per heavy atom. The Morgan fingerprint density at radius 2 is 1.53 bits per heavy atom. The molecule has 0 radical (unpaired) electrons. The van der Waals surface area contributed by atoms with Crippen molar-refractivity contribution in [2.45, 2.75) is 45.8 Å². The number of carbonyl (C=O) groups is 3. The van der Waals surface area contributed by atoms with Crippen LogP contribution in [0.25, 0.3) is 0 Å². The average Bonchev–Trinajstić information content (AvgIpc) is 2.72. The van der Waals surface area contributed by atoms with Gasteiger partial charge in [0.2, 0.25) is 11.8 Å². The highest BCUT2D eigenvalue weighted by molar-refractivity contribution is 5.92. The van der Waals surface area contributed by atoms with Crippen LogP contribution in [0.4, 0.5) is 10.5 Å². The van der Waals surface area contributed by atoms with Crippen LogP contribution in [-0.4, -0.2) is 36.7 Å². The predicted molar refractivity (Wildman–Crippen MR) is 122 cm³/mol. The fraction of sp³-hybridized carbons (Fsp3) is 0.375. The molecule has 0 bridgehead atoms. The number of para-hydroxylation sites is 2. The molecule has 172 valence electrons. The molecule has 0 aliphatic heterocycles. The minimum Gasteiger partial charge on any atom is -0.493 e. The topological polar surface area (TPSA) is 106 Å². The van der Waals surface area contributed by atoms with E-state index in [1.807, 2.05) is 42.5 Å². The third-order valence-corrected chi connectivity index (χ3v) is 4.13. The molecular weight excluding hydrogens is 410 g/mol. The summed E-state index contributed by atoms with van der Waals surface area (Å²) in [5.74, 6) is 0.314. The van der Waals surface area contributed by atoms with Crippen LogP contribution in [0.2, 0.25) is 0 Å². The Kier molecular flexibility index (Phi) is 9.53. The van der Waals surface area contributed by atoms with Gasteiger partial charge in [0.15, 0.2) is 0 Å². The fourth-order valence-corrected chi connectivity index (χ4v) is 2.66. The fourth-order valence-electron chi connectivity index (χ4n) is 2.66. The summed E-state index contributed by atoms with van der Waals surface area (Å²) < 4.78 is 10.7. The minimum atomic E-state index is -0.594. The van der Waals surface area contributed by atoms with Crippen molar-refractivity contribution in [2.24, 2.45) is 0 Å². The summed E-state index contributed by atoms with van der Waals surface area (Å²) in [6, 6.07) is 16.5. The van der Waals surface area contributed by atoms with Gasteiger partial charge in [-0.1, -0.05) is 36.4 Å². The second-order valence-corrected chi connectivity index (χ2v) is 8.07. The molecular formula is C24H31N3O5. The maximum atomic E-state index is 12.2. The molecule has 2 rings (SSSR count). The average molecular weight is 442 g/mol. The summed E-state index contributed by atoms with van der Waals surface area (Å²) in [6.07, 6.45) is -0.249. The lowest BCUT2D eigenvalue weighted by Gasteiger charge is -2.19. The van der Waals surface area contributed by atoms with Crippen molar-refractivity contribution in [3.05, 3.63) is 60.2 Å². The maximum absolute atomic E-state index is 12.2. The number of carbonyl (C=O) groups excluding carboxylic acids is 3. The second-order valence-electron chi connectivity index (χ2n) is 8.07. The normalized spacial score (nSPS) is 10.7. The number of ether oxygens (including phenoxy) is 2. The van der Waals surface area contributed by atoms with E-state index in [1.54, 1.807) is 32.9 Å². The van der Waals surface area contributed by atoms with Gasteiger partial charge in [0.05, 0.1) is 13.0 Å². The van der Waals surface area contributed by atoms with Gasteiger partial charge in [-0.15, -0.1) is 0 Å². The second kappa shape index (κ2) is 12.3. The zero-order valence-electron chi connectivity index (χ0n) is 18.8. The number of anilines is 1. The summed E-state index contributed by atoms with van der Waals surface area (Å²) in [6.45, 7) is 6.01.